The Morgan fingerprint density at radius 2 is 1.84 bits per heavy atom. The molecule has 0 atom stereocenters. The van der Waals surface area contributed by atoms with Crippen LogP contribution in [0.15, 0.2) is 60.2 Å². The molecule has 19 heavy (non-hydrogen) atoms. The molecule has 1 N–H and O–H groups in total. The second kappa shape index (κ2) is 7.26. The van der Waals surface area contributed by atoms with E-state index in [1.807, 2.05) is 13.0 Å². The molecule has 1 aromatic carbocycles. The molecule has 1 rings (SSSR count). The topological polar surface area (TPSA) is 30.5 Å². The SMILES string of the molecule is C=C(Nc1ccc(F)cc1)/C(=C\C(=C/C)OC)OC. The van der Waals surface area contributed by atoms with Gasteiger partial charge in [0.25, 0.3) is 0 Å². The molecule has 0 aliphatic heterocycles. The molecule has 0 aliphatic rings. The van der Waals surface area contributed by atoms with E-state index in [1.165, 1.54) is 12.1 Å². The number of hydrogen-bond donors (Lipinski definition) is 1. The van der Waals surface area contributed by atoms with Crippen LogP contribution in [0.25, 0.3) is 0 Å². The van der Waals surface area contributed by atoms with E-state index in [1.54, 1.807) is 32.4 Å². The largest absolute Gasteiger partial charge is 0.497 e. The zero-order chi connectivity index (χ0) is 14.3. The molecule has 0 bridgehead atoms. The van der Waals surface area contributed by atoms with E-state index < -0.39 is 0 Å². The minimum atomic E-state index is -0.283. The van der Waals surface area contributed by atoms with Gasteiger partial charge in [-0.25, -0.2) is 4.39 Å². The van der Waals surface area contributed by atoms with Crippen LogP contribution in [0.1, 0.15) is 6.92 Å². The number of methoxy groups -OCH3 is 2. The van der Waals surface area contributed by atoms with E-state index in [0.29, 0.717) is 17.2 Å². The molecule has 3 nitrogen and oxygen atoms in total. The van der Waals surface area contributed by atoms with Gasteiger partial charge in [0.2, 0.25) is 0 Å². The van der Waals surface area contributed by atoms with Crippen molar-refractivity contribution in [3.63, 3.8) is 0 Å². The third-order valence-electron chi connectivity index (χ3n) is 2.45. The van der Waals surface area contributed by atoms with Crippen LogP contribution in [0.2, 0.25) is 0 Å². The van der Waals surface area contributed by atoms with Crippen molar-refractivity contribution in [2.45, 2.75) is 6.92 Å². The predicted molar refractivity (Wildman–Crippen MR) is 75.0 cm³/mol. The van der Waals surface area contributed by atoms with E-state index in [0.717, 1.165) is 5.69 Å². The maximum Gasteiger partial charge on any atom is 0.145 e. The normalized spacial score (nSPS) is 12.0. The highest BCUT2D eigenvalue weighted by atomic mass is 19.1. The van der Waals surface area contributed by atoms with Crippen molar-refractivity contribution in [1.29, 1.82) is 0 Å². The first-order valence-electron chi connectivity index (χ1n) is 5.78. The minimum absolute atomic E-state index is 0.283. The van der Waals surface area contributed by atoms with Gasteiger partial charge in [-0.2, -0.15) is 0 Å². The summed E-state index contributed by atoms with van der Waals surface area (Å²) in [4.78, 5) is 0. The van der Waals surface area contributed by atoms with E-state index in [9.17, 15) is 4.39 Å². The molecule has 102 valence electrons. The molecule has 0 spiro atoms. The maximum absolute atomic E-state index is 12.8. The molecule has 4 heteroatoms. The Labute approximate surface area is 113 Å². The van der Waals surface area contributed by atoms with Gasteiger partial charge in [0, 0.05) is 11.8 Å². The van der Waals surface area contributed by atoms with Crippen LogP contribution in [-0.4, -0.2) is 14.2 Å². The predicted octanol–water partition coefficient (Wildman–Crippen LogP) is 3.83. The van der Waals surface area contributed by atoms with Crippen LogP contribution in [0.3, 0.4) is 0 Å². The van der Waals surface area contributed by atoms with Crippen LogP contribution in [0.5, 0.6) is 0 Å². The first kappa shape index (κ1) is 14.8. The monoisotopic (exact) mass is 263 g/mol. The number of allylic oxidation sites excluding steroid dienone is 2. The molecule has 0 saturated heterocycles. The Hall–Kier alpha value is -2.23. The number of nitrogens with one attached hydrogen (secondary N) is 1. The first-order valence-corrected chi connectivity index (χ1v) is 5.78. The lowest BCUT2D eigenvalue weighted by atomic mass is 10.2. The Morgan fingerprint density at radius 1 is 1.21 bits per heavy atom. The highest BCUT2D eigenvalue weighted by Gasteiger charge is 2.05. The van der Waals surface area contributed by atoms with E-state index in [-0.39, 0.29) is 5.82 Å². The number of rotatable bonds is 6. The van der Waals surface area contributed by atoms with Crippen molar-refractivity contribution >= 4 is 5.69 Å². The second-order valence-electron chi connectivity index (χ2n) is 3.72. The van der Waals surface area contributed by atoms with Crippen molar-refractivity contribution in [2.75, 3.05) is 19.5 Å². The fraction of sp³-hybridized carbons (Fsp3) is 0.200. The van der Waals surface area contributed by atoms with Gasteiger partial charge in [-0.1, -0.05) is 6.58 Å². The molecule has 0 radical (unpaired) electrons. The fourth-order valence-electron chi connectivity index (χ4n) is 1.43. The summed E-state index contributed by atoms with van der Waals surface area (Å²) in [6.07, 6.45) is 3.53. The van der Waals surface area contributed by atoms with Crippen molar-refractivity contribution in [2.24, 2.45) is 0 Å². The average Bonchev–Trinajstić information content (AvgIpc) is 2.42. The molecule has 0 saturated carbocycles. The zero-order valence-electron chi connectivity index (χ0n) is 11.4. The van der Waals surface area contributed by atoms with Crippen LogP contribution in [0, 0.1) is 5.82 Å². The number of benzene rings is 1. The van der Waals surface area contributed by atoms with Crippen LogP contribution < -0.4 is 5.32 Å². The Bertz CT molecular complexity index is 489. The molecule has 0 heterocycles. The van der Waals surface area contributed by atoms with Gasteiger partial charge in [0.15, 0.2) is 0 Å². The highest BCUT2D eigenvalue weighted by molar-refractivity contribution is 5.51. The van der Waals surface area contributed by atoms with Gasteiger partial charge >= 0.3 is 0 Å². The van der Waals surface area contributed by atoms with Gasteiger partial charge in [0.1, 0.15) is 17.3 Å². The summed E-state index contributed by atoms with van der Waals surface area (Å²) in [5.41, 5.74) is 1.29. The summed E-state index contributed by atoms with van der Waals surface area (Å²) < 4.78 is 23.2. The quantitative estimate of drug-likeness (QED) is 0.625. The molecular formula is C15H18FNO2. The summed E-state index contributed by atoms with van der Waals surface area (Å²) in [7, 11) is 3.13. The Morgan fingerprint density at radius 3 is 2.32 bits per heavy atom. The molecule has 0 aliphatic carbocycles. The number of ether oxygens (including phenoxy) is 2. The summed E-state index contributed by atoms with van der Waals surface area (Å²) in [6.45, 7) is 5.74. The van der Waals surface area contributed by atoms with Gasteiger partial charge in [0.05, 0.1) is 19.9 Å². The van der Waals surface area contributed by atoms with Gasteiger partial charge in [-0.15, -0.1) is 0 Å². The van der Waals surface area contributed by atoms with Gasteiger partial charge in [-0.05, 0) is 37.3 Å². The van der Waals surface area contributed by atoms with Crippen molar-refractivity contribution in [3.05, 3.63) is 66.0 Å². The van der Waals surface area contributed by atoms with Gasteiger partial charge in [-0.3, -0.25) is 0 Å². The highest BCUT2D eigenvalue weighted by Crippen LogP contribution is 2.17. The standard InChI is InChI=1S/C15H18FNO2/c1-5-14(18-3)10-15(19-4)11(2)17-13-8-6-12(16)7-9-13/h5-10,17H,2H2,1,3-4H3/b14-5+,15-10+. The third kappa shape index (κ3) is 4.50. The van der Waals surface area contributed by atoms with Gasteiger partial charge < -0.3 is 14.8 Å². The Kier molecular flexibility index (Phi) is 5.67. The number of halogens is 1. The lowest BCUT2D eigenvalue weighted by Crippen LogP contribution is -2.03. The molecule has 0 fully saturated rings. The second-order valence-corrected chi connectivity index (χ2v) is 3.72. The summed E-state index contributed by atoms with van der Waals surface area (Å²) in [5.74, 6) is 0.924. The third-order valence-corrected chi connectivity index (χ3v) is 2.45. The summed E-state index contributed by atoms with van der Waals surface area (Å²) in [6, 6.07) is 6.00. The molecule has 0 amide bonds. The van der Waals surface area contributed by atoms with Crippen LogP contribution in [0.4, 0.5) is 10.1 Å². The molecule has 0 aromatic heterocycles. The fourth-order valence-corrected chi connectivity index (χ4v) is 1.43. The van der Waals surface area contributed by atoms with Crippen LogP contribution >= 0.6 is 0 Å². The first-order chi connectivity index (χ1) is 9.10. The number of anilines is 1. The summed E-state index contributed by atoms with van der Waals surface area (Å²) in [5, 5.41) is 3.04. The molecule has 1 aromatic rings. The van der Waals surface area contributed by atoms with Crippen molar-refractivity contribution in [1.82, 2.24) is 0 Å². The van der Waals surface area contributed by atoms with Crippen molar-refractivity contribution < 1.29 is 13.9 Å². The van der Waals surface area contributed by atoms with E-state index in [4.69, 9.17) is 9.47 Å². The minimum Gasteiger partial charge on any atom is -0.497 e. The number of hydrogen-bond acceptors (Lipinski definition) is 3. The van der Waals surface area contributed by atoms with Crippen molar-refractivity contribution in [3.8, 4) is 0 Å². The lowest BCUT2D eigenvalue weighted by molar-refractivity contribution is 0.281. The molecule has 0 unspecified atom stereocenters. The molecular weight excluding hydrogens is 245 g/mol. The average molecular weight is 263 g/mol. The van der Waals surface area contributed by atoms with Crippen LogP contribution in [-0.2, 0) is 9.47 Å². The van der Waals surface area contributed by atoms with E-state index in [2.05, 4.69) is 11.9 Å². The zero-order valence-corrected chi connectivity index (χ0v) is 11.4. The summed E-state index contributed by atoms with van der Waals surface area (Å²) >= 11 is 0. The maximum atomic E-state index is 12.8. The lowest BCUT2D eigenvalue weighted by Gasteiger charge is -2.13. The Balaban J connectivity index is 2.82. The smallest absolute Gasteiger partial charge is 0.145 e. The van der Waals surface area contributed by atoms with E-state index >= 15 is 0 Å².